The summed E-state index contributed by atoms with van der Waals surface area (Å²) in [5.41, 5.74) is 9.74. The van der Waals surface area contributed by atoms with Gasteiger partial charge in [0.1, 0.15) is 77.7 Å². The molecule has 0 saturated carbocycles. The number of hydrogen-bond acceptors (Lipinski definition) is 31. The predicted octanol–water partition coefficient (Wildman–Crippen LogP) is 4.86. The van der Waals surface area contributed by atoms with E-state index in [9.17, 15) is 115 Å². The molecular formula is C97H165Cl6N17O30. The van der Waals surface area contributed by atoms with E-state index >= 15 is 0 Å². The van der Waals surface area contributed by atoms with Gasteiger partial charge in [0.25, 0.3) is 11.8 Å². The van der Waals surface area contributed by atoms with E-state index in [1.165, 1.54) is 82.3 Å². The number of carbonyl (C=O) groups is 24. The van der Waals surface area contributed by atoms with Gasteiger partial charge < -0.3 is 113 Å². The van der Waals surface area contributed by atoms with Crippen molar-refractivity contribution < 1.29 is 144 Å². The van der Waals surface area contributed by atoms with E-state index in [1.54, 1.807) is 48.5 Å². The molecule has 5 aliphatic heterocycles. The highest BCUT2D eigenvalue weighted by Crippen LogP contribution is 2.25. The number of carbonyl (C=O) groups excluding carboxylic acids is 23. The third-order valence-electron chi connectivity index (χ3n) is 22.3. The van der Waals surface area contributed by atoms with E-state index in [4.69, 9.17) is 72.5 Å². The first-order valence-corrected chi connectivity index (χ1v) is 51.2. The number of amides is 16. The number of carboxylic acids is 1. The molecule has 3 unspecified atom stereocenters. The second-order valence-electron chi connectivity index (χ2n) is 39.7. The van der Waals surface area contributed by atoms with Gasteiger partial charge in [-0.15, -0.1) is 76.3 Å². The van der Waals surface area contributed by atoms with Gasteiger partial charge in [0.05, 0.1) is 87.2 Å². The maximum absolute atomic E-state index is 12.9. The van der Waals surface area contributed by atoms with Gasteiger partial charge in [0.2, 0.25) is 70.9 Å². The van der Waals surface area contributed by atoms with Crippen LogP contribution in [0.3, 0.4) is 0 Å². The number of methoxy groups -OCH3 is 2. The SMILES string of the molecule is C.CC(C)CC(NC(=O)[C@H](C)NC(=O)[C@H]1CCCN1C(=O)[C@@H](C)N)C(=O)CCl.CC(C)CC(NC(=O)[C@H](C)NC(=O)[C@H]1CCCN1C(=O)[C@@H](C)NC(=O)OC(C)(C)C)C(=O)CCl.CC(C)C[C@@H](N)C(=O)CCl.COC(=O)CCC(=O)N[C@H](C)C(=O)N1CCC[C@@H]1C(=O)N[C@@H](C)C(=O)NC(CC(C)C)C(=O)CCl.COC(=O)CCC(=O)ON1C(=O)CCC1=O.C[C@H](NC(=O)[C@H]1CCCN1C(=O)[C@@H](C)NC(=O)OC(C)(C)C)C(=O)O.Cl.Cl. The zero-order valence-electron chi connectivity index (χ0n) is 89.9. The van der Waals surface area contributed by atoms with Crippen LogP contribution in [0.2, 0.25) is 0 Å². The van der Waals surface area contributed by atoms with E-state index in [-0.39, 0.29) is 147 Å². The number of ketones is 4. The van der Waals surface area contributed by atoms with Crippen LogP contribution in [0.1, 0.15) is 275 Å². The molecular weight excluding hydrogens is 2100 g/mol. The molecule has 5 aliphatic rings. The average molecular weight is 2260 g/mol. The second kappa shape index (κ2) is 73.0. The van der Waals surface area contributed by atoms with Crippen LogP contribution < -0.4 is 64.6 Å². The Morgan fingerprint density at radius 3 is 0.873 bits per heavy atom. The average Bonchev–Trinajstić information content (AvgIpc) is 1.69. The summed E-state index contributed by atoms with van der Waals surface area (Å²) in [6, 6.07) is -12.5. The van der Waals surface area contributed by atoms with Crippen molar-refractivity contribution in [3.8, 4) is 0 Å². The summed E-state index contributed by atoms with van der Waals surface area (Å²) in [6.45, 7) is 39.5. The van der Waals surface area contributed by atoms with E-state index in [2.05, 4.69) is 67.5 Å². The first-order chi connectivity index (χ1) is 68.2. The highest BCUT2D eigenvalue weighted by atomic mass is 35.5. The highest BCUT2D eigenvalue weighted by molar-refractivity contribution is 6.30. The van der Waals surface area contributed by atoms with Gasteiger partial charge in [-0.2, -0.15) is 0 Å². The molecule has 5 rings (SSSR count). The molecule has 0 spiro atoms. The number of nitrogens with zero attached hydrogens (tertiary/aromatic N) is 5. The monoisotopic (exact) mass is 2260 g/mol. The van der Waals surface area contributed by atoms with Gasteiger partial charge in [-0.05, 0) is 198 Å². The minimum Gasteiger partial charge on any atom is -0.480 e. The minimum atomic E-state index is -1.15. The Morgan fingerprint density at radius 1 is 0.360 bits per heavy atom. The van der Waals surface area contributed by atoms with Crippen LogP contribution in [0.5, 0.6) is 0 Å². The number of rotatable bonds is 45. The Balaban J connectivity index is -0.000000876. The second-order valence-corrected chi connectivity index (χ2v) is 40.8. The quantitative estimate of drug-likeness (QED) is 0.0168. The number of nitrogens with two attached hydrogens (primary N) is 2. The number of nitrogens with one attached hydrogen (secondary N) is 10. The summed E-state index contributed by atoms with van der Waals surface area (Å²) in [7, 11) is 2.42. The van der Waals surface area contributed by atoms with Crippen molar-refractivity contribution in [3.63, 3.8) is 0 Å². The Labute approximate surface area is 911 Å². The molecule has 15 N–H and O–H groups in total. The fourth-order valence-corrected chi connectivity index (χ4v) is 15.5. The lowest BCUT2D eigenvalue weighted by Crippen LogP contribution is -2.56. The molecule has 0 aliphatic carbocycles. The number of esters is 2. The van der Waals surface area contributed by atoms with Crippen LogP contribution in [-0.2, 0) is 129 Å². The molecule has 150 heavy (non-hydrogen) atoms. The maximum Gasteiger partial charge on any atom is 0.408 e. The maximum atomic E-state index is 12.9. The fourth-order valence-electron chi connectivity index (χ4n) is 14.7. The van der Waals surface area contributed by atoms with Crippen LogP contribution >= 0.6 is 71.2 Å². The Kier molecular flexibility index (Phi) is 70.9. The Hall–Kier alpha value is -10.5. The number of alkyl halides is 4. The molecule has 16 atom stereocenters. The molecule has 0 radical (unpaired) electrons. The molecule has 5 saturated heterocycles. The fraction of sp³-hybridized carbons (Fsp3) is 0.753. The highest BCUT2D eigenvalue weighted by Gasteiger charge is 2.44. The topological polar surface area (TPSA) is 665 Å². The zero-order valence-corrected chi connectivity index (χ0v) is 94.6. The van der Waals surface area contributed by atoms with Crippen molar-refractivity contribution >= 4 is 213 Å². The predicted molar refractivity (Wildman–Crippen MR) is 561 cm³/mol. The number of ether oxygens (including phenoxy) is 4. The normalized spacial score (nSPS) is 17.8. The van der Waals surface area contributed by atoms with Gasteiger partial charge in [-0.25, -0.2) is 14.4 Å². The standard InChI is InChI=1S/C23H37ClN4O7.C23H39ClN4O6.C18H31ClN4O4.C16H27N3O6.C9H11NO6.C7H14ClNO.CH4.2ClH/c1-13(2)11-16(18(29)12-24)27-21(32)14(3)26-22(33)17-7-6-10-28(17)23(34)15(4)25-19(30)8-9-20(31)35-5;1-13(2)11-16(18(29)12-24)27-19(30)14(3)25-20(31)17-9-8-10-28(17)21(32)15(4)26-22(33)34-23(5,6)7;1-10(2)8-13(15(24)9-19)22-16(25)12(4)21-17(26)14-6-5-7-23(14)18(27)11(3)20;1-9(18-15(24)25-16(3,4)5)13(21)19-8-6-7-11(19)12(20)17-10(2)14(22)23;1-15-8(13)4-5-9(14)16-10-6(11)2-3-7(10)12;1-5(2)3-6(9)7(10)4-8;;;/h13-17H,6-12H2,1-5H3,(H,25,30)(H,26,33)(H,27,32);13-17H,8-12H2,1-7H3,(H,25,31)(H,26,33)(H,27,30);10-14H,5-9,20H2,1-4H3,(H,21,26)(H,22,25);9-11H,6-8H2,1-5H3,(H,17,20)(H,18,24)(H,22,23);2-5H2,1H3;5-6H,3-4,9H2,1-2H3;1H4;2*1H/t2*14-,15+,16?,17+;11-,12+,13?,14-;9-,10+,11-;;6-;;;/m0011.1.../s1. The molecule has 860 valence electrons. The lowest BCUT2D eigenvalue weighted by atomic mass is 10.0. The van der Waals surface area contributed by atoms with Gasteiger partial charge in [-0.3, -0.25) is 101 Å². The van der Waals surface area contributed by atoms with Crippen molar-refractivity contribution in [2.24, 2.45) is 35.1 Å². The summed E-state index contributed by atoms with van der Waals surface area (Å²) in [5, 5.41) is 35.0. The molecule has 0 aromatic heterocycles. The van der Waals surface area contributed by atoms with Crippen LogP contribution in [0.4, 0.5) is 9.59 Å². The van der Waals surface area contributed by atoms with E-state index in [0.29, 0.717) is 108 Å². The minimum absolute atomic E-state index is 0. The Morgan fingerprint density at radius 2 is 0.620 bits per heavy atom. The Bertz CT molecular complexity index is 4470. The van der Waals surface area contributed by atoms with Gasteiger partial charge in [-0.1, -0.05) is 62.8 Å². The van der Waals surface area contributed by atoms with Crippen LogP contribution in [0.25, 0.3) is 0 Å². The molecule has 0 aromatic rings. The lowest BCUT2D eigenvalue weighted by Gasteiger charge is -2.29. The smallest absolute Gasteiger partial charge is 0.408 e. The van der Waals surface area contributed by atoms with Crippen molar-refractivity contribution in [1.29, 1.82) is 0 Å². The number of aliphatic carboxylic acids is 1. The van der Waals surface area contributed by atoms with Gasteiger partial charge >= 0.3 is 36.1 Å². The molecule has 5 heterocycles. The molecule has 16 amide bonds. The number of likely N-dealkylation sites (tertiary alicyclic amines) is 4. The number of carboxylic acid groups (broad SMARTS) is 1. The first kappa shape index (κ1) is 146. The number of halogens is 6. The van der Waals surface area contributed by atoms with Gasteiger partial charge in [0, 0.05) is 45.4 Å². The van der Waals surface area contributed by atoms with Crippen molar-refractivity contribution in [2.75, 3.05) is 63.9 Å². The van der Waals surface area contributed by atoms with Crippen molar-refractivity contribution in [1.82, 2.24) is 77.8 Å². The summed E-state index contributed by atoms with van der Waals surface area (Å²) in [6.07, 6.45) is 4.47. The number of hydroxylamine groups is 2. The van der Waals surface area contributed by atoms with Crippen molar-refractivity contribution in [3.05, 3.63) is 0 Å². The van der Waals surface area contributed by atoms with Gasteiger partial charge in [0.15, 0.2) is 23.1 Å². The third-order valence-corrected chi connectivity index (χ3v) is 23.4. The molecule has 0 bridgehead atoms. The molecule has 53 heteroatoms. The molecule has 0 aromatic carbocycles. The third kappa shape index (κ3) is 55.7. The zero-order chi connectivity index (χ0) is 113. The van der Waals surface area contributed by atoms with E-state index in [0.717, 1.165) is 6.42 Å². The van der Waals surface area contributed by atoms with E-state index < -0.39 is 215 Å². The summed E-state index contributed by atoms with van der Waals surface area (Å²) < 4.78 is 19.1. The number of alkyl carbamates (subject to hydrolysis) is 2. The first-order valence-electron chi connectivity index (χ1n) is 49.1. The number of hydrogen-bond donors (Lipinski definition) is 13. The summed E-state index contributed by atoms with van der Waals surface area (Å²) >= 11 is 22.2. The lowest BCUT2D eigenvalue weighted by molar-refractivity contribution is -0.197. The van der Waals surface area contributed by atoms with Crippen LogP contribution in [0, 0.1) is 23.7 Å². The summed E-state index contributed by atoms with van der Waals surface area (Å²) in [4.78, 5) is 297. The van der Waals surface area contributed by atoms with Crippen LogP contribution in [-0.4, -0.2) is 343 Å². The van der Waals surface area contributed by atoms with Crippen molar-refractivity contribution in [2.45, 2.75) is 383 Å². The van der Waals surface area contributed by atoms with Crippen LogP contribution in [0.15, 0.2) is 0 Å². The molecule has 47 nitrogen and oxygen atoms in total. The van der Waals surface area contributed by atoms with E-state index in [1.807, 2.05) is 55.4 Å². The molecule has 5 fully saturated rings. The number of imide groups is 1. The summed E-state index contributed by atoms with van der Waals surface area (Å²) in [5.74, 6) is -10.1. The number of Topliss-reactive ketones (excluding diaryl/α,β-unsaturated/α-hetero) is 4. The largest absolute Gasteiger partial charge is 0.480 e.